The van der Waals surface area contributed by atoms with Crippen LogP contribution in [-0.4, -0.2) is 11.7 Å². The van der Waals surface area contributed by atoms with Crippen molar-refractivity contribution < 1.29 is 14.2 Å². The summed E-state index contributed by atoms with van der Waals surface area (Å²) in [6.07, 6.45) is 0. The Morgan fingerprint density at radius 1 is 1.25 bits per heavy atom. The minimum Gasteiger partial charge on any atom is -0.504 e. The zero-order chi connectivity index (χ0) is 14.5. The quantitative estimate of drug-likeness (QED) is 0.853. The van der Waals surface area contributed by atoms with Gasteiger partial charge >= 0.3 is 0 Å². The van der Waals surface area contributed by atoms with Crippen LogP contribution in [-0.2, 0) is 6.54 Å². The summed E-state index contributed by atoms with van der Waals surface area (Å²) in [7, 11) is 0. The number of benzene rings is 2. The summed E-state index contributed by atoms with van der Waals surface area (Å²) in [4.78, 5) is 0. The van der Waals surface area contributed by atoms with Gasteiger partial charge in [0.25, 0.3) is 0 Å². The molecule has 0 saturated heterocycles. The van der Waals surface area contributed by atoms with Gasteiger partial charge in [0.05, 0.1) is 11.1 Å². The van der Waals surface area contributed by atoms with Gasteiger partial charge in [0.2, 0.25) is 0 Å². The van der Waals surface area contributed by atoms with E-state index in [1.165, 1.54) is 6.07 Å². The third kappa shape index (κ3) is 3.63. The molecule has 2 N–H and O–H groups in total. The Hall–Kier alpha value is -1.75. The van der Waals surface area contributed by atoms with Crippen molar-refractivity contribution in [2.45, 2.75) is 13.5 Å². The van der Waals surface area contributed by atoms with E-state index in [1.54, 1.807) is 24.3 Å². The van der Waals surface area contributed by atoms with E-state index in [9.17, 15) is 9.50 Å². The fraction of sp³-hybridized carbons (Fsp3) is 0.200. The topological polar surface area (TPSA) is 41.5 Å². The minimum atomic E-state index is -0.293. The molecular weight excluding hydrogens is 325 g/mol. The van der Waals surface area contributed by atoms with Crippen LogP contribution in [0.25, 0.3) is 0 Å². The number of aromatic hydroxyl groups is 1. The standard InChI is InChI=1S/C15H15BrFNO2/c1-2-20-15-7-10(3-6-14(15)19)9-18-11-4-5-13(17)12(16)8-11/h3-8,18-19H,2,9H2,1H3. The maximum Gasteiger partial charge on any atom is 0.161 e. The van der Waals surface area contributed by atoms with Gasteiger partial charge in [0.15, 0.2) is 11.5 Å². The molecule has 20 heavy (non-hydrogen) atoms. The highest BCUT2D eigenvalue weighted by atomic mass is 79.9. The summed E-state index contributed by atoms with van der Waals surface area (Å²) in [5.74, 6) is 0.297. The Morgan fingerprint density at radius 3 is 2.75 bits per heavy atom. The lowest BCUT2D eigenvalue weighted by Crippen LogP contribution is -2.00. The first-order valence-corrected chi connectivity index (χ1v) is 7.03. The Bertz CT molecular complexity index is 604. The maximum atomic E-state index is 13.1. The molecule has 3 nitrogen and oxygen atoms in total. The second-order valence-electron chi connectivity index (χ2n) is 4.22. The number of anilines is 1. The molecule has 0 aliphatic rings. The second-order valence-corrected chi connectivity index (χ2v) is 5.07. The van der Waals surface area contributed by atoms with Crippen molar-refractivity contribution in [1.29, 1.82) is 0 Å². The van der Waals surface area contributed by atoms with E-state index in [0.29, 0.717) is 23.4 Å². The molecule has 2 aromatic rings. The van der Waals surface area contributed by atoms with Crippen molar-refractivity contribution >= 4 is 21.6 Å². The predicted octanol–water partition coefficient (Wildman–Crippen LogP) is 4.30. The average molecular weight is 340 g/mol. The first-order valence-electron chi connectivity index (χ1n) is 6.23. The Morgan fingerprint density at radius 2 is 2.05 bits per heavy atom. The molecule has 106 valence electrons. The van der Waals surface area contributed by atoms with Gasteiger partial charge in [-0.05, 0) is 58.7 Å². The van der Waals surface area contributed by atoms with Crippen LogP contribution in [0.1, 0.15) is 12.5 Å². The molecule has 2 rings (SSSR count). The summed E-state index contributed by atoms with van der Waals surface area (Å²) in [6.45, 7) is 2.91. The van der Waals surface area contributed by atoms with Crippen LogP contribution in [0.15, 0.2) is 40.9 Å². The number of phenols is 1. The highest BCUT2D eigenvalue weighted by Gasteiger charge is 2.04. The average Bonchev–Trinajstić information content (AvgIpc) is 2.43. The molecule has 0 spiro atoms. The third-order valence-electron chi connectivity index (χ3n) is 2.74. The molecule has 0 aliphatic carbocycles. The molecule has 0 aliphatic heterocycles. The van der Waals surface area contributed by atoms with Crippen molar-refractivity contribution in [2.24, 2.45) is 0 Å². The Kier molecular flexibility index (Phi) is 4.84. The highest BCUT2D eigenvalue weighted by molar-refractivity contribution is 9.10. The summed E-state index contributed by atoms with van der Waals surface area (Å²) in [5.41, 5.74) is 1.77. The van der Waals surface area contributed by atoms with Crippen LogP contribution in [0, 0.1) is 5.82 Å². The van der Waals surface area contributed by atoms with Crippen molar-refractivity contribution in [2.75, 3.05) is 11.9 Å². The van der Waals surface area contributed by atoms with E-state index in [0.717, 1.165) is 11.3 Å². The first-order chi connectivity index (χ1) is 9.60. The van der Waals surface area contributed by atoms with Crippen molar-refractivity contribution in [3.8, 4) is 11.5 Å². The number of hydrogen-bond donors (Lipinski definition) is 2. The molecule has 0 heterocycles. The van der Waals surface area contributed by atoms with Gasteiger partial charge in [-0.15, -0.1) is 0 Å². The van der Waals surface area contributed by atoms with Crippen LogP contribution in [0.4, 0.5) is 10.1 Å². The van der Waals surface area contributed by atoms with Crippen molar-refractivity contribution in [3.63, 3.8) is 0 Å². The van der Waals surface area contributed by atoms with Crippen molar-refractivity contribution in [3.05, 3.63) is 52.3 Å². The zero-order valence-electron chi connectivity index (χ0n) is 11.0. The van der Waals surface area contributed by atoms with Gasteiger partial charge in [-0.2, -0.15) is 0 Å². The molecule has 0 radical (unpaired) electrons. The van der Waals surface area contributed by atoms with Gasteiger partial charge in [-0.25, -0.2) is 4.39 Å². The maximum absolute atomic E-state index is 13.1. The fourth-order valence-electron chi connectivity index (χ4n) is 1.75. The first kappa shape index (κ1) is 14.7. The summed E-state index contributed by atoms with van der Waals surface area (Å²) >= 11 is 3.15. The lowest BCUT2D eigenvalue weighted by atomic mass is 10.2. The molecular formula is C15H15BrFNO2. The molecule has 5 heteroatoms. The van der Waals surface area contributed by atoms with E-state index in [1.807, 2.05) is 13.0 Å². The Balaban J connectivity index is 2.06. The van der Waals surface area contributed by atoms with E-state index in [4.69, 9.17) is 4.74 Å². The molecule has 0 aromatic heterocycles. The number of rotatable bonds is 5. The minimum absolute atomic E-state index is 0.125. The van der Waals surface area contributed by atoms with Gasteiger partial charge in [0.1, 0.15) is 5.82 Å². The van der Waals surface area contributed by atoms with E-state index in [2.05, 4.69) is 21.2 Å². The summed E-state index contributed by atoms with van der Waals surface area (Å²) in [5, 5.41) is 12.8. The highest BCUT2D eigenvalue weighted by Crippen LogP contribution is 2.27. The predicted molar refractivity (Wildman–Crippen MR) is 80.7 cm³/mol. The van der Waals surface area contributed by atoms with Crippen LogP contribution in [0.5, 0.6) is 11.5 Å². The van der Waals surface area contributed by atoms with Gasteiger partial charge in [0, 0.05) is 12.2 Å². The van der Waals surface area contributed by atoms with Crippen LogP contribution < -0.4 is 10.1 Å². The summed E-state index contributed by atoms with van der Waals surface area (Å²) < 4.78 is 18.9. The monoisotopic (exact) mass is 339 g/mol. The van der Waals surface area contributed by atoms with Crippen LogP contribution in [0.3, 0.4) is 0 Å². The number of ether oxygens (including phenoxy) is 1. The molecule has 0 bridgehead atoms. The lowest BCUT2D eigenvalue weighted by molar-refractivity contribution is 0.318. The van der Waals surface area contributed by atoms with E-state index >= 15 is 0 Å². The van der Waals surface area contributed by atoms with Crippen LogP contribution in [0.2, 0.25) is 0 Å². The summed E-state index contributed by atoms with van der Waals surface area (Å²) in [6, 6.07) is 9.94. The van der Waals surface area contributed by atoms with E-state index in [-0.39, 0.29) is 11.6 Å². The zero-order valence-corrected chi connectivity index (χ0v) is 12.6. The van der Waals surface area contributed by atoms with Gasteiger partial charge < -0.3 is 15.2 Å². The Labute approximate surface area is 125 Å². The third-order valence-corrected chi connectivity index (χ3v) is 3.35. The van der Waals surface area contributed by atoms with Crippen molar-refractivity contribution in [1.82, 2.24) is 0 Å². The largest absolute Gasteiger partial charge is 0.504 e. The normalized spacial score (nSPS) is 10.3. The fourth-order valence-corrected chi connectivity index (χ4v) is 2.13. The number of nitrogens with one attached hydrogen (secondary N) is 1. The molecule has 0 fully saturated rings. The molecule has 0 saturated carbocycles. The molecule has 0 atom stereocenters. The smallest absolute Gasteiger partial charge is 0.161 e. The van der Waals surface area contributed by atoms with E-state index < -0.39 is 0 Å². The lowest BCUT2D eigenvalue weighted by Gasteiger charge is -2.10. The number of halogens is 2. The molecule has 0 amide bonds. The molecule has 0 unspecified atom stereocenters. The number of hydrogen-bond acceptors (Lipinski definition) is 3. The van der Waals surface area contributed by atoms with Gasteiger partial charge in [-0.3, -0.25) is 0 Å². The number of phenolic OH excluding ortho intramolecular Hbond substituents is 1. The SMILES string of the molecule is CCOc1cc(CNc2ccc(F)c(Br)c2)ccc1O. The molecule has 2 aromatic carbocycles. The van der Waals surface area contributed by atoms with Gasteiger partial charge in [-0.1, -0.05) is 6.07 Å². The second kappa shape index (κ2) is 6.61. The van der Waals surface area contributed by atoms with Crippen LogP contribution >= 0.6 is 15.9 Å².